The highest BCUT2D eigenvalue weighted by Gasteiger charge is 2.26. The molecule has 1 atom stereocenters. The molecular weight excluding hydrogens is 310 g/mol. The SMILES string of the molecule is N#Cc1cc(S(N)(=O)=O)ccc1N1CC[C@@H](c2ccccc2)C1. The maximum atomic E-state index is 11.4. The van der Waals surface area contributed by atoms with Crippen molar-refractivity contribution in [3.8, 4) is 6.07 Å². The van der Waals surface area contributed by atoms with Crippen LogP contribution in [0, 0.1) is 11.3 Å². The summed E-state index contributed by atoms with van der Waals surface area (Å²) in [5.41, 5.74) is 2.39. The molecule has 0 aromatic heterocycles. The third-order valence-electron chi connectivity index (χ3n) is 4.22. The van der Waals surface area contributed by atoms with E-state index < -0.39 is 10.0 Å². The summed E-state index contributed by atoms with van der Waals surface area (Å²) in [5.74, 6) is 0.417. The number of nitriles is 1. The molecule has 1 aliphatic heterocycles. The van der Waals surface area contributed by atoms with Gasteiger partial charge >= 0.3 is 0 Å². The zero-order chi connectivity index (χ0) is 16.4. The highest BCUT2D eigenvalue weighted by molar-refractivity contribution is 7.89. The van der Waals surface area contributed by atoms with Crippen LogP contribution in [0.2, 0.25) is 0 Å². The second-order valence-electron chi connectivity index (χ2n) is 5.68. The molecule has 3 rings (SSSR count). The van der Waals surface area contributed by atoms with Crippen LogP contribution in [0.15, 0.2) is 53.4 Å². The molecule has 2 N–H and O–H groups in total. The number of hydrogen-bond donors (Lipinski definition) is 1. The quantitative estimate of drug-likeness (QED) is 0.936. The Balaban J connectivity index is 1.87. The minimum absolute atomic E-state index is 0.0309. The van der Waals surface area contributed by atoms with Gasteiger partial charge in [-0.3, -0.25) is 0 Å². The third-order valence-corrected chi connectivity index (χ3v) is 5.13. The van der Waals surface area contributed by atoms with Crippen molar-refractivity contribution >= 4 is 15.7 Å². The third kappa shape index (κ3) is 3.21. The zero-order valence-electron chi connectivity index (χ0n) is 12.5. The molecule has 0 aliphatic carbocycles. The lowest BCUT2D eigenvalue weighted by atomic mass is 9.99. The largest absolute Gasteiger partial charge is 0.370 e. The van der Waals surface area contributed by atoms with Crippen molar-refractivity contribution in [2.45, 2.75) is 17.2 Å². The molecule has 5 nitrogen and oxygen atoms in total. The fourth-order valence-electron chi connectivity index (χ4n) is 3.03. The van der Waals surface area contributed by atoms with E-state index in [-0.39, 0.29) is 4.90 Å². The Morgan fingerprint density at radius 1 is 1.17 bits per heavy atom. The predicted molar refractivity (Wildman–Crippen MR) is 88.5 cm³/mol. The summed E-state index contributed by atoms with van der Waals surface area (Å²) in [6.45, 7) is 1.65. The molecule has 0 amide bonds. The number of benzene rings is 2. The Bertz CT molecular complexity index is 857. The first kappa shape index (κ1) is 15.5. The van der Waals surface area contributed by atoms with Gasteiger partial charge in [-0.2, -0.15) is 5.26 Å². The van der Waals surface area contributed by atoms with Gasteiger partial charge in [-0.05, 0) is 30.2 Å². The first-order valence-corrected chi connectivity index (χ1v) is 8.90. The smallest absolute Gasteiger partial charge is 0.238 e. The van der Waals surface area contributed by atoms with Gasteiger partial charge in [0.05, 0.1) is 16.1 Å². The van der Waals surface area contributed by atoms with E-state index >= 15 is 0 Å². The van der Waals surface area contributed by atoms with E-state index in [1.807, 2.05) is 18.2 Å². The number of anilines is 1. The van der Waals surface area contributed by atoms with Crippen LogP contribution in [0.4, 0.5) is 5.69 Å². The fraction of sp³-hybridized carbons (Fsp3) is 0.235. The Labute approximate surface area is 136 Å². The van der Waals surface area contributed by atoms with E-state index in [4.69, 9.17) is 5.14 Å². The van der Waals surface area contributed by atoms with Crippen molar-refractivity contribution in [1.82, 2.24) is 0 Å². The van der Waals surface area contributed by atoms with Crippen LogP contribution >= 0.6 is 0 Å². The molecule has 23 heavy (non-hydrogen) atoms. The zero-order valence-corrected chi connectivity index (χ0v) is 13.3. The van der Waals surface area contributed by atoms with Crippen molar-refractivity contribution < 1.29 is 8.42 Å². The molecule has 6 heteroatoms. The summed E-state index contributed by atoms with van der Waals surface area (Å²) in [6.07, 6.45) is 1.01. The predicted octanol–water partition coefficient (Wildman–Crippen LogP) is 2.20. The Morgan fingerprint density at radius 2 is 1.91 bits per heavy atom. The number of hydrogen-bond acceptors (Lipinski definition) is 4. The average Bonchev–Trinajstić information content (AvgIpc) is 3.04. The molecule has 118 valence electrons. The van der Waals surface area contributed by atoms with Gasteiger partial charge in [0.1, 0.15) is 6.07 Å². The lowest BCUT2D eigenvalue weighted by Gasteiger charge is -2.20. The lowest BCUT2D eigenvalue weighted by Crippen LogP contribution is -2.21. The average molecular weight is 327 g/mol. The molecule has 0 bridgehead atoms. The number of sulfonamides is 1. The second-order valence-corrected chi connectivity index (χ2v) is 7.24. The number of nitrogens with zero attached hydrogens (tertiary/aromatic N) is 2. The van der Waals surface area contributed by atoms with Crippen molar-refractivity contribution in [2.24, 2.45) is 5.14 Å². The molecule has 1 aliphatic rings. The van der Waals surface area contributed by atoms with Gasteiger partial charge in [0.25, 0.3) is 0 Å². The lowest BCUT2D eigenvalue weighted by molar-refractivity contribution is 0.598. The number of primary sulfonamides is 1. The molecule has 2 aromatic carbocycles. The minimum atomic E-state index is -3.80. The van der Waals surface area contributed by atoms with Crippen molar-refractivity contribution in [1.29, 1.82) is 5.26 Å². The Kier molecular flexibility index (Phi) is 4.07. The molecule has 0 unspecified atom stereocenters. The van der Waals surface area contributed by atoms with Gasteiger partial charge in [0, 0.05) is 19.0 Å². The normalized spacial score (nSPS) is 17.9. The van der Waals surface area contributed by atoms with Crippen LogP contribution in [0.5, 0.6) is 0 Å². The monoisotopic (exact) mass is 327 g/mol. The standard InChI is InChI=1S/C17H17N3O2S/c18-11-15-10-16(23(19,21)22)6-7-17(15)20-9-8-14(12-20)13-4-2-1-3-5-13/h1-7,10,14H,8-9,12H2,(H2,19,21,22)/t14-/m1/s1. The Morgan fingerprint density at radius 3 is 2.57 bits per heavy atom. The molecule has 0 radical (unpaired) electrons. The van der Waals surface area contributed by atoms with Crippen molar-refractivity contribution in [3.63, 3.8) is 0 Å². The van der Waals surface area contributed by atoms with Gasteiger partial charge in [-0.15, -0.1) is 0 Å². The summed E-state index contributed by atoms with van der Waals surface area (Å²) in [6, 6.07) is 16.8. The molecule has 2 aromatic rings. The second kappa shape index (κ2) is 6.03. The number of rotatable bonds is 3. The summed E-state index contributed by atoms with van der Waals surface area (Å²) in [7, 11) is -3.80. The van der Waals surface area contributed by atoms with E-state index in [0.717, 1.165) is 25.2 Å². The van der Waals surface area contributed by atoms with Gasteiger partial charge in [0.2, 0.25) is 10.0 Å². The van der Waals surface area contributed by atoms with E-state index in [2.05, 4.69) is 23.1 Å². The summed E-state index contributed by atoms with van der Waals surface area (Å²) < 4.78 is 22.9. The molecule has 0 spiro atoms. The molecule has 1 fully saturated rings. The van der Waals surface area contributed by atoms with Gasteiger partial charge in [0.15, 0.2) is 0 Å². The Hall–Kier alpha value is -2.36. The van der Waals surface area contributed by atoms with E-state index in [0.29, 0.717) is 11.5 Å². The highest BCUT2D eigenvalue weighted by atomic mass is 32.2. The maximum absolute atomic E-state index is 11.4. The first-order chi connectivity index (χ1) is 11.0. The highest BCUT2D eigenvalue weighted by Crippen LogP contribution is 2.33. The maximum Gasteiger partial charge on any atom is 0.238 e. The summed E-state index contributed by atoms with van der Waals surface area (Å²) >= 11 is 0. The molecule has 1 heterocycles. The van der Waals surface area contributed by atoms with Gasteiger partial charge < -0.3 is 4.90 Å². The van der Waals surface area contributed by atoms with Crippen LogP contribution in [-0.2, 0) is 10.0 Å². The minimum Gasteiger partial charge on any atom is -0.370 e. The van der Waals surface area contributed by atoms with E-state index in [1.54, 1.807) is 6.07 Å². The number of nitrogens with two attached hydrogens (primary N) is 1. The van der Waals surface area contributed by atoms with Crippen molar-refractivity contribution in [3.05, 3.63) is 59.7 Å². The molecule has 0 saturated carbocycles. The summed E-state index contributed by atoms with van der Waals surface area (Å²) in [4.78, 5) is 2.10. The van der Waals surface area contributed by atoms with Crippen LogP contribution in [0.3, 0.4) is 0 Å². The van der Waals surface area contributed by atoms with Crippen LogP contribution in [0.1, 0.15) is 23.5 Å². The van der Waals surface area contributed by atoms with Gasteiger partial charge in [-0.25, -0.2) is 13.6 Å². The fourth-order valence-corrected chi connectivity index (χ4v) is 3.57. The van der Waals surface area contributed by atoms with E-state index in [9.17, 15) is 13.7 Å². The summed E-state index contributed by atoms with van der Waals surface area (Å²) in [5, 5.41) is 14.5. The topological polar surface area (TPSA) is 87.2 Å². The molecule has 1 saturated heterocycles. The molecular formula is C17H17N3O2S. The van der Waals surface area contributed by atoms with E-state index in [1.165, 1.54) is 17.7 Å². The van der Waals surface area contributed by atoms with Crippen molar-refractivity contribution in [2.75, 3.05) is 18.0 Å². The first-order valence-electron chi connectivity index (χ1n) is 7.36. The van der Waals surface area contributed by atoms with Gasteiger partial charge in [-0.1, -0.05) is 30.3 Å². The van der Waals surface area contributed by atoms with Crippen LogP contribution in [-0.4, -0.2) is 21.5 Å². The van der Waals surface area contributed by atoms with Crippen LogP contribution < -0.4 is 10.0 Å². The van der Waals surface area contributed by atoms with Crippen LogP contribution in [0.25, 0.3) is 0 Å².